The molecule has 0 radical (unpaired) electrons. The molecule has 0 aliphatic carbocycles. The zero-order chi connectivity index (χ0) is 10.6. The number of carbonyl (C=O) groups excluding carboxylic acids is 1. The molecule has 0 saturated heterocycles. The van der Waals surface area contributed by atoms with Crippen molar-refractivity contribution in [3.8, 4) is 0 Å². The second-order valence-corrected chi connectivity index (χ2v) is 4.82. The molecule has 0 aromatic carbocycles. The fourth-order valence-corrected chi connectivity index (χ4v) is 1.77. The predicted octanol–water partition coefficient (Wildman–Crippen LogP) is 2.43. The Hall–Kier alpha value is -0.810. The van der Waals surface area contributed by atoms with Gasteiger partial charge in [-0.25, -0.2) is 0 Å². The molecule has 0 saturated carbocycles. The number of anilines is 1. The van der Waals surface area contributed by atoms with Gasteiger partial charge < -0.3 is 10.6 Å². The van der Waals surface area contributed by atoms with Crippen LogP contribution in [-0.2, 0) is 0 Å². The lowest BCUT2D eigenvalue weighted by molar-refractivity contribution is 0.0962. The van der Waals surface area contributed by atoms with Crippen molar-refractivity contribution in [2.24, 2.45) is 0 Å². The lowest BCUT2D eigenvalue weighted by Gasteiger charge is -2.00. The summed E-state index contributed by atoms with van der Waals surface area (Å²) < 4.78 is 0.760. The summed E-state index contributed by atoms with van der Waals surface area (Å²) >= 11 is 4.60. The van der Waals surface area contributed by atoms with Crippen molar-refractivity contribution < 1.29 is 4.79 Å². The van der Waals surface area contributed by atoms with Gasteiger partial charge in [-0.1, -0.05) is 22.5 Å². The molecule has 3 nitrogen and oxygen atoms in total. The number of carbonyl (C=O) groups is 1. The first-order valence-corrected chi connectivity index (χ1v) is 5.63. The third kappa shape index (κ3) is 3.16. The van der Waals surface area contributed by atoms with E-state index in [1.807, 2.05) is 13.1 Å². The minimum absolute atomic E-state index is 0.0721. The Labute approximate surface area is 95.3 Å². The maximum absolute atomic E-state index is 11.5. The molecule has 0 spiro atoms. The molecule has 14 heavy (non-hydrogen) atoms. The molecule has 1 amide bonds. The first-order chi connectivity index (χ1) is 6.63. The molecule has 0 atom stereocenters. The van der Waals surface area contributed by atoms with Crippen molar-refractivity contribution in [1.82, 2.24) is 5.32 Å². The van der Waals surface area contributed by atoms with Crippen LogP contribution in [0.2, 0.25) is 0 Å². The molecular weight excluding hydrogens is 264 g/mol. The summed E-state index contributed by atoms with van der Waals surface area (Å²) in [7, 11) is 1.83. The van der Waals surface area contributed by atoms with Crippen LogP contribution in [0.5, 0.6) is 0 Å². The van der Waals surface area contributed by atoms with Crippen molar-refractivity contribution in [1.29, 1.82) is 0 Å². The Morgan fingerprint density at radius 3 is 2.86 bits per heavy atom. The minimum atomic E-state index is -0.0721. The molecule has 5 heteroatoms. The molecule has 76 valence electrons. The van der Waals surface area contributed by atoms with Crippen molar-refractivity contribution in [3.05, 3.63) is 28.1 Å². The van der Waals surface area contributed by atoms with Crippen LogP contribution < -0.4 is 10.6 Å². The van der Waals surface area contributed by atoms with E-state index in [2.05, 4.69) is 33.1 Å². The van der Waals surface area contributed by atoms with Crippen LogP contribution in [0.3, 0.4) is 0 Å². The summed E-state index contributed by atoms with van der Waals surface area (Å²) in [6.07, 6.45) is 0. The highest BCUT2D eigenvalue weighted by molar-refractivity contribution is 9.11. The third-order valence-corrected chi connectivity index (χ3v) is 2.90. The molecule has 1 rings (SSSR count). The monoisotopic (exact) mass is 274 g/mol. The standard InChI is InChI=1S/C9H11BrN2OS/c1-6(10)5-12-9(13)7-3-4-8(11-2)14-7/h3-4,11H,1,5H2,2H3,(H,12,13). The normalized spacial score (nSPS) is 9.57. The summed E-state index contributed by atoms with van der Waals surface area (Å²) in [5, 5.41) is 6.69. The van der Waals surface area contributed by atoms with Gasteiger partial charge in [-0.15, -0.1) is 11.3 Å². The van der Waals surface area contributed by atoms with Gasteiger partial charge in [0.05, 0.1) is 9.88 Å². The van der Waals surface area contributed by atoms with Crippen molar-refractivity contribution >= 4 is 38.2 Å². The van der Waals surface area contributed by atoms with Crippen LogP contribution in [-0.4, -0.2) is 19.5 Å². The number of hydrogen-bond donors (Lipinski definition) is 2. The molecule has 1 heterocycles. The van der Waals surface area contributed by atoms with Gasteiger partial charge in [0.15, 0.2) is 0 Å². The van der Waals surface area contributed by atoms with Gasteiger partial charge in [0.2, 0.25) is 0 Å². The van der Waals surface area contributed by atoms with Gasteiger partial charge in [0.1, 0.15) is 0 Å². The van der Waals surface area contributed by atoms with E-state index in [0.29, 0.717) is 11.4 Å². The Kier molecular flexibility index (Phi) is 4.16. The zero-order valence-corrected chi connectivity index (χ0v) is 10.2. The average molecular weight is 275 g/mol. The van der Waals surface area contributed by atoms with Crippen LogP contribution >= 0.6 is 27.3 Å². The minimum Gasteiger partial charge on any atom is -0.380 e. The second-order valence-electron chi connectivity index (χ2n) is 2.61. The second kappa shape index (κ2) is 5.17. The quantitative estimate of drug-likeness (QED) is 0.886. The van der Waals surface area contributed by atoms with Crippen LogP contribution in [0.4, 0.5) is 5.00 Å². The van der Waals surface area contributed by atoms with E-state index < -0.39 is 0 Å². The fraction of sp³-hybridized carbons (Fsp3) is 0.222. The SMILES string of the molecule is C=C(Br)CNC(=O)c1ccc(NC)s1. The van der Waals surface area contributed by atoms with Gasteiger partial charge in [0, 0.05) is 18.1 Å². The zero-order valence-electron chi connectivity index (χ0n) is 7.76. The lowest BCUT2D eigenvalue weighted by atomic mass is 10.4. The number of nitrogens with one attached hydrogen (secondary N) is 2. The van der Waals surface area contributed by atoms with Crippen LogP contribution in [0.15, 0.2) is 23.2 Å². The van der Waals surface area contributed by atoms with Crippen molar-refractivity contribution in [3.63, 3.8) is 0 Å². The Bertz CT molecular complexity index is 348. The molecule has 2 N–H and O–H groups in total. The summed E-state index contributed by atoms with van der Waals surface area (Å²) in [6.45, 7) is 4.09. The number of amides is 1. The van der Waals surface area contributed by atoms with Crippen molar-refractivity contribution in [2.45, 2.75) is 0 Å². The highest BCUT2D eigenvalue weighted by Crippen LogP contribution is 2.20. The van der Waals surface area contributed by atoms with E-state index >= 15 is 0 Å². The highest BCUT2D eigenvalue weighted by atomic mass is 79.9. The van der Waals surface area contributed by atoms with Gasteiger partial charge in [-0.2, -0.15) is 0 Å². The van der Waals surface area contributed by atoms with E-state index in [1.165, 1.54) is 11.3 Å². The van der Waals surface area contributed by atoms with Gasteiger partial charge >= 0.3 is 0 Å². The first-order valence-electron chi connectivity index (χ1n) is 4.02. The van der Waals surface area contributed by atoms with Crippen LogP contribution in [0, 0.1) is 0 Å². The van der Waals surface area contributed by atoms with Gasteiger partial charge in [0.25, 0.3) is 5.91 Å². The Morgan fingerprint density at radius 2 is 2.36 bits per heavy atom. The third-order valence-electron chi connectivity index (χ3n) is 1.52. The Morgan fingerprint density at radius 1 is 1.64 bits per heavy atom. The summed E-state index contributed by atoms with van der Waals surface area (Å²) in [4.78, 5) is 12.2. The highest BCUT2D eigenvalue weighted by Gasteiger charge is 2.07. The summed E-state index contributed by atoms with van der Waals surface area (Å²) in [5.74, 6) is -0.0721. The van der Waals surface area contributed by atoms with E-state index in [0.717, 1.165) is 9.48 Å². The summed E-state index contributed by atoms with van der Waals surface area (Å²) in [5.41, 5.74) is 0. The van der Waals surface area contributed by atoms with E-state index in [1.54, 1.807) is 6.07 Å². The van der Waals surface area contributed by atoms with Gasteiger partial charge in [-0.3, -0.25) is 4.79 Å². The predicted molar refractivity (Wildman–Crippen MR) is 64.3 cm³/mol. The Balaban J connectivity index is 2.56. The fourth-order valence-electron chi connectivity index (χ4n) is 0.858. The maximum Gasteiger partial charge on any atom is 0.261 e. The van der Waals surface area contributed by atoms with Crippen LogP contribution in [0.25, 0.3) is 0 Å². The van der Waals surface area contributed by atoms with E-state index in [4.69, 9.17) is 0 Å². The van der Waals surface area contributed by atoms with Crippen LogP contribution in [0.1, 0.15) is 9.67 Å². The molecule has 0 fully saturated rings. The lowest BCUT2D eigenvalue weighted by Crippen LogP contribution is -2.23. The summed E-state index contributed by atoms with van der Waals surface area (Å²) in [6, 6.07) is 3.67. The molecule has 0 aliphatic rings. The molecule has 0 aliphatic heterocycles. The van der Waals surface area contributed by atoms with E-state index in [9.17, 15) is 4.79 Å². The topological polar surface area (TPSA) is 41.1 Å². The number of hydrogen-bond acceptors (Lipinski definition) is 3. The molecule has 0 bridgehead atoms. The van der Waals surface area contributed by atoms with E-state index in [-0.39, 0.29) is 5.91 Å². The number of halogens is 1. The number of rotatable bonds is 4. The molecular formula is C9H11BrN2OS. The van der Waals surface area contributed by atoms with Gasteiger partial charge in [-0.05, 0) is 12.1 Å². The van der Waals surface area contributed by atoms with Crippen molar-refractivity contribution in [2.75, 3.05) is 18.9 Å². The molecule has 1 aromatic rings. The largest absolute Gasteiger partial charge is 0.380 e. The maximum atomic E-state index is 11.5. The molecule has 0 unspecified atom stereocenters. The molecule has 1 aromatic heterocycles. The first kappa shape index (κ1) is 11.3. The number of thiophene rings is 1. The smallest absolute Gasteiger partial charge is 0.261 e. The average Bonchev–Trinajstić information content (AvgIpc) is 2.62.